The Morgan fingerprint density at radius 3 is 2.81 bits per heavy atom. The molecular weight excluding hydrogens is 330 g/mol. The third-order valence-corrected chi connectivity index (χ3v) is 3.88. The van der Waals surface area contributed by atoms with Gasteiger partial charge in [-0.3, -0.25) is 9.67 Å². The van der Waals surface area contributed by atoms with Gasteiger partial charge in [-0.1, -0.05) is 0 Å². The molecule has 0 fully saturated rings. The van der Waals surface area contributed by atoms with E-state index >= 15 is 0 Å². The van der Waals surface area contributed by atoms with Crippen LogP contribution in [-0.2, 0) is 13.6 Å². The summed E-state index contributed by atoms with van der Waals surface area (Å²) in [5.41, 5.74) is 0.811. The normalized spacial score (nSPS) is 11.7. The molecule has 0 amide bonds. The molecule has 0 unspecified atom stereocenters. The summed E-state index contributed by atoms with van der Waals surface area (Å²) in [4.78, 5) is 13.1. The van der Waals surface area contributed by atoms with E-state index in [0.717, 1.165) is 42.4 Å². The second-order valence-electron chi connectivity index (χ2n) is 5.76. The molecule has 9 nitrogen and oxygen atoms in total. The number of hydrogen-bond donors (Lipinski definition) is 3. The summed E-state index contributed by atoms with van der Waals surface area (Å²) in [7, 11) is 1.87. The van der Waals surface area contributed by atoms with Gasteiger partial charge in [0.15, 0.2) is 11.6 Å². The molecule has 3 N–H and O–H groups in total. The number of aromatic nitrogens is 5. The van der Waals surface area contributed by atoms with Gasteiger partial charge in [0.1, 0.15) is 12.1 Å². The maximum atomic E-state index is 4.59. The smallest absolute Gasteiger partial charge is 0.191 e. The van der Waals surface area contributed by atoms with Crippen molar-refractivity contribution in [3.63, 3.8) is 0 Å². The molecule has 138 valence electrons. The Bertz CT molecular complexity index is 835. The lowest BCUT2D eigenvalue weighted by atomic mass is 10.4. The zero-order chi connectivity index (χ0) is 18.2. The van der Waals surface area contributed by atoms with Crippen LogP contribution in [-0.4, -0.2) is 56.5 Å². The van der Waals surface area contributed by atoms with E-state index in [0.29, 0.717) is 13.1 Å². The minimum absolute atomic E-state index is 0.630. The van der Waals surface area contributed by atoms with Gasteiger partial charge in [-0.05, 0) is 19.1 Å². The molecule has 0 saturated heterocycles. The Kier molecular flexibility index (Phi) is 6.02. The summed E-state index contributed by atoms with van der Waals surface area (Å²) in [5, 5.41) is 15.0. The summed E-state index contributed by atoms with van der Waals surface area (Å²) in [6, 6.07) is 4.05. The highest BCUT2D eigenvalue weighted by molar-refractivity contribution is 5.86. The predicted molar refractivity (Wildman–Crippen MR) is 103 cm³/mol. The molecule has 26 heavy (non-hydrogen) atoms. The minimum Gasteiger partial charge on any atom is -0.367 e. The first-order valence-corrected chi connectivity index (χ1v) is 8.77. The van der Waals surface area contributed by atoms with Crippen molar-refractivity contribution in [1.29, 1.82) is 0 Å². The van der Waals surface area contributed by atoms with Crippen molar-refractivity contribution in [2.75, 3.05) is 31.5 Å². The van der Waals surface area contributed by atoms with Gasteiger partial charge in [-0.2, -0.15) is 5.10 Å². The van der Waals surface area contributed by atoms with Crippen LogP contribution in [0.15, 0.2) is 42.0 Å². The van der Waals surface area contributed by atoms with Crippen molar-refractivity contribution in [3.05, 3.63) is 37.1 Å². The van der Waals surface area contributed by atoms with Crippen molar-refractivity contribution >= 4 is 22.8 Å². The van der Waals surface area contributed by atoms with Crippen molar-refractivity contribution in [3.8, 4) is 0 Å². The first kappa shape index (κ1) is 17.7. The fourth-order valence-electron chi connectivity index (χ4n) is 2.61. The highest BCUT2D eigenvalue weighted by Crippen LogP contribution is 2.17. The molecule has 3 heterocycles. The van der Waals surface area contributed by atoms with Crippen LogP contribution >= 0.6 is 0 Å². The molecule has 0 atom stereocenters. The Hall–Kier alpha value is -3.10. The summed E-state index contributed by atoms with van der Waals surface area (Å²) in [5.74, 6) is 1.60. The van der Waals surface area contributed by atoms with Gasteiger partial charge in [0.2, 0.25) is 0 Å². The number of nitrogens with one attached hydrogen (secondary N) is 3. The molecule has 3 aromatic rings. The Morgan fingerprint density at radius 2 is 2.00 bits per heavy atom. The van der Waals surface area contributed by atoms with Gasteiger partial charge in [0, 0.05) is 45.6 Å². The fourth-order valence-corrected chi connectivity index (χ4v) is 2.61. The van der Waals surface area contributed by atoms with Crippen molar-refractivity contribution in [2.45, 2.75) is 13.5 Å². The van der Waals surface area contributed by atoms with Gasteiger partial charge >= 0.3 is 0 Å². The number of aryl methyl sites for hydroxylation is 1. The van der Waals surface area contributed by atoms with E-state index in [2.05, 4.69) is 59.9 Å². The summed E-state index contributed by atoms with van der Waals surface area (Å²) in [6.07, 6.45) is 7.42. The average molecular weight is 355 g/mol. The van der Waals surface area contributed by atoms with E-state index in [1.165, 1.54) is 0 Å². The van der Waals surface area contributed by atoms with Gasteiger partial charge in [-0.25, -0.2) is 9.97 Å². The molecule has 3 rings (SSSR count). The van der Waals surface area contributed by atoms with Gasteiger partial charge in [0.05, 0.1) is 18.1 Å². The molecule has 0 aliphatic carbocycles. The molecule has 0 bridgehead atoms. The largest absolute Gasteiger partial charge is 0.367 e. The monoisotopic (exact) mass is 355 g/mol. The molecule has 0 radical (unpaired) electrons. The van der Waals surface area contributed by atoms with E-state index in [1.807, 2.05) is 19.2 Å². The van der Waals surface area contributed by atoms with Crippen molar-refractivity contribution in [2.24, 2.45) is 12.0 Å². The maximum Gasteiger partial charge on any atom is 0.191 e. The lowest BCUT2D eigenvalue weighted by molar-refractivity contribution is 0.666. The molecule has 3 aromatic heterocycles. The van der Waals surface area contributed by atoms with Gasteiger partial charge in [-0.15, -0.1) is 0 Å². The van der Waals surface area contributed by atoms with E-state index in [1.54, 1.807) is 17.2 Å². The van der Waals surface area contributed by atoms with E-state index in [9.17, 15) is 0 Å². The highest BCUT2D eigenvalue weighted by atomic mass is 15.3. The zero-order valence-electron chi connectivity index (χ0n) is 15.2. The first-order valence-electron chi connectivity index (χ1n) is 8.77. The summed E-state index contributed by atoms with van der Waals surface area (Å²) < 4.78 is 3.87. The lowest BCUT2D eigenvalue weighted by Gasteiger charge is -2.12. The Morgan fingerprint density at radius 1 is 1.15 bits per heavy atom. The number of rotatable bonds is 8. The number of nitrogens with zero attached hydrogens (tertiary/aromatic N) is 6. The third-order valence-electron chi connectivity index (χ3n) is 3.88. The highest BCUT2D eigenvalue weighted by Gasteiger charge is 2.06. The standard InChI is InChI=1S/C17H25N9/c1-3-18-17(21-8-11-26-9-4-5-10-26)20-7-6-19-15-14-12-24-25(2)16(14)23-13-22-15/h4-5,9-10,12-13H,3,6-8,11H2,1-2H3,(H2,18,20,21)(H,19,22,23). The zero-order valence-corrected chi connectivity index (χ0v) is 15.2. The minimum atomic E-state index is 0.630. The van der Waals surface area contributed by atoms with Crippen LogP contribution < -0.4 is 16.0 Å². The number of aliphatic imine (C=N–C) groups is 1. The first-order chi connectivity index (χ1) is 12.8. The average Bonchev–Trinajstić information content (AvgIpc) is 3.29. The quantitative estimate of drug-likeness (QED) is 0.315. The maximum absolute atomic E-state index is 4.59. The number of hydrogen-bond acceptors (Lipinski definition) is 5. The van der Waals surface area contributed by atoms with Gasteiger partial charge in [0.25, 0.3) is 0 Å². The van der Waals surface area contributed by atoms with E-state index < -0.39 is 0 Å². The molecule has 0 aliphatic rings. The Balaban J connectivity index is 1.49. The fraction of sp³-hybridized carbons (Fsp3) is 0.412. The lowest BCUT2D eigenvalue weighted by Crippen LogP contribution is -2.39. The van der Waals surface area contributed by atoms with Crippen molar-refractivity contribution in [1.82, 2.24) is 34.9 Å². The number of guanidine groups is 1. The number of anilines is 1. The van der Waals surface area contributed by atoms with Crippen LogP contribution in [0.2, 0.25) is 0 Å². The molecule has 0 saturated carbocycles. The molecular formula is C17H25N9. The van der Waals surface area contributed by atoms with Crippen LogP contribution in [0.1, 0.15) is 6.92 Å². The molecule has 0 spiro atoms. The number of fused-ring (bicyclic) bond motifs is 1. The van der Waals surface area contributed by atoms with Crippen LogP contribution in [0.25, 0.3) is 11.0 Å². The van der Waals surface area contributed by atoms with Gasteiger partial charge < -0.3 is 20.5 Å². The molecule has 0 aliphatic heterocycles. The van der Waals surface area contributed by atoms with E-state index in [4.69, 9.17) is 0 Å². The van der Waals surface area contributed by atoms with E-state index in [-0.39, 0.29) is 0 Å². The molecule has 0 aromatic carbocycles. The topological polar surface area (TPSA) is 97.0 Å². The second kappa shape index (κ2) is 8.84. The van der Waals surface area contributed by atoms with Crippen LogP contribution in [0.3, 0.4) is 0 Å². The SMILES string of the molecule is CCNC(=NCCNc1ncnc2c1cnn2C)NCCn1cccc1. The Labute approximate surface area is 152 Å². The van der Waals surface area contributed by atoms with Crippen LogP contribution in [0.5, 0.6) is 0 Å². The predicted octanol–water partition coefficient (Wildman–Crippen LogP) is 0.832. The van der Waals surface area contributed by atoms with Crippen LogP contribution in [0.4, 0.5) is 5.82 Å². The molecule has 9 heteroatoms. The third kappa shape index (κ3) is 4.50. The summed E-state index contributed by atoms with van der Waals surface area (Å²) >= 11 is 0. The van der Waals surface area contributed by atoms with Crippen molar-refractivity contribution < 1.29 is 0 Å². The van der Waals surface area contributed by atoms with Crippen LogP contribution in [0, 0.1) is 0 Å². The summed E-state index contributed by atoms with van der Waals surface area (Å²) in [6.45, 7) is 5.90. The second-order valence-corrected chi connectivity index (χ2v) is 5.76.